The van der Waals surface area contributed by atoms with Crippen LogP contribution >= 0.6 is 11.8 Å². The molecule has 132 valence electrons. The fourth-order valence-electron chi connectivity index (χ4n) is 2.87. The first-order valence-corrected chi connectivity index (χ1v) is 9.66. The molecule has 1 aromatic rings. The Hall–Kier alpha value is -1.33. The van der Waals surface area contributed by atoms with Crippen molar-refractivity contribution in [2.24, 2.45) is 0 Å². The molecule has 24 heavy (non-hydrogen) atoms. The lowest BCUT2D eigenvalue weighted by molar-refractivity contribution is -0.135. The number of Topliss-reactive ketones (excluding diaryl/α,β-unsaturated/α-hetero) is 1. The number of carbonyl (C=O) groups is 2. The molecule has 0 heterocycles. The lowest BCUT2D eigenvalue weighted by Crippen LogP contribution is -2.16. The average molecular weight is 350 g/mol. The molecule has 0 spiro atoms. The van der Waals surface area contributed by atoms with Crippen LogP contribution in [0.15, 0.2) is 29.2 Å². The number of hydrogen-bond donors (Lipinski definition) is 0. The van der Waals surface area contributed by atoms with E-state index >= 15 is 0 Å². The fourth-order valence-corrected chi connectivity index (χ4v) is 3.62. The highest BCUT2D eigenvalue weighted by atomic mass is 32.2. The molecule has 0 radical (unpaired) electrons. The first kappa shape index (κ1) is 19.0. The van der Waals surface area contributed by atoms with E-state index in [-0.39, 0.29) is 0 Å². The number of rotatable bonds is 7. The second kappa shape index (κ2) is 10.5. The maximum atomic E-state index is 11.7. The highest BCUT2D eigenvalue weighted by molar-refractivity contribution is 7.99. The Labute approximate surface area is 148 Å². The molecule has 0 bridgehead atoms. The van der Waals surface area contributed by atoms with Crippen LogP contribution in [0.2, 0.25) is 0 Å². The zero-order valence-corrected chi connectivity index (χ0v) is 15.1. The smallest absolute Gasteiger partial charge is 0.379 e. The van der Waals surface area contributed by atoms with Crippen LogP contribution in [-0.2, 0) is 14.3 Å². The van der Waals surface area contributed by atoms with Crippen molar-refractivity contribution < 1.29 is 19.1 Å². The number of hydrogen-bond acceptors (Lipinski definition) is 5. The largest absolute Gasteiger partial charge is 0.463 e. The van der Waals surface area contributed by atoms with Crippen LogP contribution in [0.25, 0.3) is 0 Å². The Kier molecular flexibility index (Phi) is 8.33. The van der Waals surface area contributed by atoms with Crippen molar-refractivity contribution in [3.05, 3.63) is 29.8 Å². The van der Waals surface area contributed by atoms with E-state index < -0.39 is 11.8 Å². The molecule has 0 aliphatic heterocycles. The predicted octanol–water partition coefficient (Wildman–Crippen LogP) is 4.26. The summed E-state index contributed by atoms with van der Waals surface area (Å²) in [7, 11) is 1.21. The van der Waals surface area contributed by atoms with Crippen molar-refractivity contribution in [3.8, 4) is 0 Å². The van der Waals surface area contributed by atoms with Gasteiger partial charge in [0.2, 0.25) is 0 Å². The van der Waals surface area contributed by atoms with Gasteiger partial charge < -0.3 is 9.47 Å². The van der Waals surface area contributed by atoms with Gasteiger partial charge in [-0.05, 0) is 37.1 Å². The summed E-state index contributed by atoms with van der Waals surface area (Å²) in [5.74, 6) is -0.550. The van der Waals surface area contributed by atoms with Crippen LogP contribution in [0.1, 0.15) is 55.3 Å². The second-order valence-corrected chi connectivity index (χ2v) is 7.20. The van der Waals surface area contributed by atoms with Crippen molar-refractivity contribution >= 4 is 23.5 Å². The van der Waals surface area contributed by atoms with Gasteiger partial charge in [-0.25, -0.2) is 4.79 Å². The Morgan fingerprint density at radius 1 is 1.04 bits per heavy atom. The van der Waals surface area contributed by atoms with E-state index in [1.807, 2.05) is 12.1 Å². The first-order chi connectivity index (χ1) is 11.7. The van der Waals surface area contributed by atoms with Gasteiger partial charge in [0.05, 0.1) is 19.8 Å². The van der Waals surface area contributed by atoms with Gasteiger partial charge in [-0.15, -0.1) is 11.8 Å². The molecule has 5 heteroatoms. The summed E-state index contributed by atoms with van der Waals surface area (Å²) in [4.78, 5) is 24.0. The van der Waals surface area contributed by atoms with Crippen LogP contribution in [0.4, 0.5) is 0 Å². The van der Waals surface area contributed by atoms with Gasteiger partial charge in [0.15, 0.2) is 0 Å². The Morgan fingerprint density at radius 3 is 2.29 bits per heavy atom. The average Bonchev–Trinajstić information content (AvgIpc) is 2.59. The Balaban J connectivity index is 1.70. The molecule has 1 aromatic carbocycles. The topological polar surface area (TPSA) is 52.6 Å². The van der Waals surface area contributed by atoms with Crippen LogP contribution in [-0.4, -0.2) is 37.3 Å². The minimum atomic E-state index is -0.831. The normalized spacial score (nSPS) is 16.2. The third-order valence-corrected chi connectivity index (χ3v) is 5.22. The number of thioether (sulfide) groups is 1. The highest BCUT2D eigenvalue weighted by Crippen LogP contribution is 2.22. The molecule has 0 N–H and O–H groups in total. The van der Waals surface area contributed by atoms with E-state index in [4.69, 9.17) is 4.74 Å². The number of methoxy groups -OCH3 is 1. The zero-order chi connectivity index (χ0) is 17.2. The van der Waals surface area contributed by atoms with E-state index in [0.717, 1.165) is 17.3 Å². The fraction of sp³-hybridized carbons (Fsp3) is 0.579. The molecule has 1 fully saturated rings. The molecule has 0 saturated heterocycles. The highest BCUT2D eigenvalue weighted by Gasteiger charge is 2.16. The van der Waals surface area contributed by atoms with Gasteiger partial charge in [-0.2, -0.15) is 0 Å². The molecule has 1 aliphatic carbocycles. The Morgan fingerprint density at radius 2 is 1.67 bits per heavy atom. The molecular formula is C19H26O4S. The third-order valence-electron chi connectivity index (χ3n) is 4.25. The Bertz CT molecular complexity index is 519. The van der Waals surface area contributed by atoms with Crippen molar-refractivity contribution in [2.45, 2.75) is 55.9 Å². The van der Waals surface area contributed by atoms with E-state index in [0.29, 0.717) is 11.7 Å². The third kappa shape index (κ3) is 6.29. The van der Waals surface area contributed by atoms with Crippen LogP contribution < -0.4 is 0 Å². The van der Waals surface area contributed by atoms with Gasteiger partial charge >= 0.3 is 5.97 Å². The summed E-state index contributed by atoms with van der Waals surface area (Å²) >= 11 is 1.70. The quantitative estimate of drug-likeness (QED) is 0.242. The van der Waals surface area contributed by atoms with Gasteiger partial charge in [-0.3, -0.25) is 4.79 Å². The maximum Gasteiger partial charge on any atom is 0.379 e. The monoisotopic (exact) mass is 350 g/mol. The number of ether oxygens (including phenoxy) is 2. The molecular weight excluding hydrogens is 324 g/mol. The van der Waals surface area contributed by atoms with Gasteiger partial charge in [-0.1, -0.05) is 32.1 Å². The van der Waals surface area contributed by atoms with E-state index in [2.05, 4.69) is 4.74 Å². The van der Waals surface area contributed by atoms with Gasteiger partial charge in [0.25, 0.3) is 5.78 Å². The second-order valence-electron chi connectivity index (χ2n) is 6.03. The SMILES string of the molecule is COC(=O)C(=O)c1ccc(SCCOC2CCCCCCC2)cc1. The van der Waals surface area contributed by atoms with Crippen molar-refractivity contribution in [3.63, 3.8) is 0 Å². The summed E-state index contributed by atoms with van der Waals surface area (Å²) < 4.78 is 10.5. The molecule has 0 aromatic heterocycles. The summed E-state index contributed by atoms with van der Waals surface area (Å²) in [5.41, 5.74) is 0.358. The molecule has 2 rings (SSSR count). The molecule has 0 amide bonds. The number of ketones is 1. The molecule has 0 atom stereocenters. The van der Waals surface area contributed by atoms with Crippen molar-refractivity contribution in [1.29, 1.82) is 0 Å². The number of esters is 1. The molecule has 4 nitrogen and oxygen atoms in total. The summed E-state index contributed by atoms with van der Waals surface area (Å²) in [6, 6.07) is 7.04. The summed E-state index contributed by atoms with van der Waals surface area (Å²) in [6.45, 7) is 0.748. The van der Waals surface area contributed by atoms with Crippen LogP contribution in [0.5, 0.6) is 0 Å². The zero-order valence-electron chi connectivity index (χ0n) is 14.3. The van der Waals surface area contributed by atoms with Crippen LogP contribution in [0.3, 0.4) is 0 Å². The van der Waals surface area contributed by atoms with E-state index in [1.54, 1.807) is 23.9 Å². The minimum Gasteiger partial charge on any atom is -0.463 e. The number of benzene rings is 1. The van der Waals surface area contributed by atoms with Crippen LogP contribution in [0, 0.1) is 0 Å². The minimum absolute atomic E-state index is 0.358. The molecule has 1 aliphatic rings. The van der Waals surface area contributed by atoms with E-state index in [9.17, 15) is 9.59 Å². The van der Waals surface area contributed by atoms with Gasteiger partial charge in [0.1, 0.15) is 0 Å². The number of carbonyl (C=O) groups excluding carboxylic acids is 2. The standard InChI is InChI=1S/C19H26O4S/c1-22-19(21)18(20)15-9-11-17(12-10-15)24-14-13-23-16-7-5-3-2-4-6-8-16/h9-12,16H,2-8,13-14H2,1H3. The van der Waals surface area contributed by atoms with Crippen molar-refractivity contribution in [1.82, 2.24) is 0 Å². The lowest BCUT2D eigenvalue weighted by Gasteiger charge is -2.20. The first-order valence-electron chi connectivity index (χ1n) is 8.68. The molecule has 0 unspecified atom stereocenters. The maximum absolute atomic E-state index is 11.7. The summed E-state index contributed by atoms with van der Waals surface area (Å²) in [5, 5.41) is 0. The van der Waals surface area contributed by atoms with E-state index in [1.165, 1.54) is 52.1 Å². The lowest BCUT2D eigenvalue weighted by atomic mass is 9.99. The summed E-state index contributed by atoms with van der Waals surface area (Å²) in [6.07, 6.45) is 9.42. The predicted molar refractivity (Wildman–Crippen MR) is 95.6 cm³/mol. The van der Waals surface area contributed by atoms with Gasteiger partial charge in [0, 0.05) is 16.2 Å². The van der Waals surface area contributed by atoms with Crippen molar-refractivity contribution in [2.75, 3.05) is 19.5 Å². The molecule has 1 saturated carbocycles.